The standard InChI is InChI=1S/C15H20N2O4/c1-9(2)11(8-16)17-15(18)10-6-12(19-3)14(21-5)13(7-10)20-4/h6-7,9,11H,1-5H3,(H,17,18). The van der Waals surface area contributed by atoms with E-state index in [1.165, 1.54) is 21.3 Å². The van der Waals surface area contributed by atoms with E-state index < -0.39 is 6.04 Å². The first-order chi connectivity index (χ1) is 9.98. The average molecular weight is 292 g/mol. The molecule has 0 saturated heterocycles. The normalized spacial score (nSPS) is 11.5. The van der Waals surface area contributed by atoms with Gasteiger partial charge in [-0.25, -0.2) is 0 Å². The van der Waals surface area contributed by atoms with Gasteiger partial charge in [0, 0.05) is 5.56 Å². The maximum Gasteiger partial charge on any atom is 0.252 e. The third-order valence-electron chi connectivity index (χ3n) is 3.02. The van der Waals surface area contributed by atoms with Crippen LogP contribution in [0.5, 0.6) is 17.2 Å². The van der Waals surface area contributed by atoms with Crippen molar-refractivity contribution in [2.45, 2.75) is 19.9 Å². The zero-order valence-electron chi connectivity index (χ0n) is 12.9. The van der Waals surface area contributed by atoms with Crippen LogP contribution in [0.1, 0.15) is 24.2 Å². The van der Waals surface area contributed by atoms with Crippen molar-refractivity contribution in [1.82, 2.24) is 5.32 Å². The summed E-state index contributed by atoms with van der Waals surface area (Å²) in [4.78, 5) is 12.2. The fraction of sp³-hybridized carbons (Fsp3) is 0.467. The molecule has 0 bridgehead atoms. The van der Waals surface area contributed by atoms with Crippen LogP contribution in [0.4, 0.5) is 0 Å². The number of rotatable bonds is 6. The lowest BCUT2D eigenvalue weighted by Gasteiger charge is -2.17. The molecule has 0 aliphatic rings. The highest BCUT2D eigenvalue weighted by Gasteiger charge is 2.20. The number of nitrogens with one attached hydrogen (secondary N) is 1. The molecule has 114 valence electrons. The number of methoxy groups -OCH3 is 3. The Morgan fingerprint density at radius 1 is 1.14 bits per heavy atom. The lowest BCUT2D eigenvalue weighted by atomic mass is 10.1. The van der Waals surface area contributed by atoms with Crippen molar-refractivity contribution in [3.05, 3.63) is 17.7 Å². The van der Waals surface area contributed by atoms with Gasteiger partial charge in [0.1, 0.15) is 6.04 Å². The van der Waals surface area contributed by atoms with E-state index in [-0.39, 0.29) is 11.8 Å². The molecule has 1 unspecified atom stereocenters. The van der Waals surface area contributed by atoms with Crippen molar-refractivity contribution in [2.24, 2.45) is 5.92 Å². The van der Waals surface area contributed by atoms with Crippen LogP contribution in [-0.4, -0.2) is 33.3 Å². The molecule has 0 aliphatic heterocycles. The number of carbonyl (C=O) groups excluding carboxylic acids is 1. The van der Waals surface area contributed by atoms with E-state index in [4.69, 9.17) is 19.5 Å². The predicted octanol–water partition coefficient (Wildman–Crippen LogP) is 1.99. The smallest absolute Gasteiger partial charge is 0.252 e. The van der Waals surface area contributed by atoms with Crippen LogP contribution in [0.3, 0.4) is 0 Å². The monoisotopic (exact) mass is 292 g/mol. The van der Waals surface area contributed by atoms with Crippen molar-refractivity contribution >= 4 is 5.91 Å². The highest BCUT2D eigenvalue weighted by molar-refractivity contribution is 5.96. The van der Waals surface area contributed by atoms with Crippen LogP contribution < -0.4 is 19.5 Å². The SMILES string of the molecule is COc1cc(C(=O)NC(C#N)C(C)C)cc(OC)c1OC. The average Bonchev–Trinajstić information content (AvgIpc) is 2.50. The van der Waals surface area contributed by atoms with Crippen LogP contribution in [0.15, 0.2) is 12.1 Å². The third kappa shape index (κ3) is 3.78. The summed E-state index contributed by atoms with van der Waals surface area (Å²) in [5.41, 5.74) is 0.338. The number of benzene rings is 1. The van der Waals surface area contributed by atoms with E-state index >= 15 is 0 Å². The Bertz CT molecular complexity index is 524. The van der Waals surface area contributed by atoms with Crippen molar-refractivity contribution in [2.75, 3.05) is 21.3 Å². The van der Waals surface area contributed by atoms with Crippen molar-refractivity contribution in [1.29, 1.82) is 5.26 Å². The number of ether oxygens (including phenoxy) is 3. The summed E-state index contributed by atoms with van der Waals surface area (Å²) in [5.74, 6) is 0.841. The van der Waals surface area contributed by atoms with Crippen LogP contribution in [0.2, 0.25) is 0 Å². The van der Waals surface area contributed by atoms with Crippen LogP contribution in [-0.2, 0) is 0 Å². The van der Waals surface area contributed by atoms with Gasteiger partial charge in [-0.05, 0) is 18.1 Å². The highest BCUT2D eigenvalue weighted by atomic mass is 16.5. The molecular weight excluding hydrogens is 272 g/mol. The molecule has 1 amide bonds. The predicted molar refractivity (Wildman–Crippen MR) is 77.8 cm³/mol. The molecule has 6 nitrogen and oxygen atoms in total. The first kappa shape index (κ1) is 16.6. The maximum atomic E-state index is 12.2. The Morgan fingerprint density at radius 2 is 1.67 bits per heavy atom. The minimum atomic E-state index is -0.559. The Hall–Kier alpha value is -2.42. The molecule has 1 atom stereocenters. The summed E-state index contributed by atoms with van der Waals surface area (Å²) < 4.78 is 15.6. The fourth-order valence-corrected chi connectivity index (χ4v) is 1.78. The Kier molecular flexibility index (Phi) is 5.85. The lowest BCUT2D eigenvalue weighted by Crippen LogP contribution is -2.37. The first-order valence-corrected chi connectivity index (χ1v) is 6.48. The van der Waals surface area contributed by atoms with E-state index in [2.05, 4.69) is 11.4 Å². The molecule has 0 radical (unpaired) electrons. The first-order valence-electron chi connectivity index (χ1n) is 6.48. The van der Waals surface area contributed by atoms with Crippen molar-refractivity contribution in [3.63, 3.8) is 0 Å². The van der Waals surface area contributed by atoms with Gasteiger partial charge in [-0.1, -0.05) is 13.8 Å². The number of amides is 1. The van der Waals surface area contributed by atoms with Crippen LogP contribution in [0.25, 0.3) is 0 Å². The molecule has 1 aromatic rings. The van der Waals surface area contributed by atoms with Gasteiger partial charge < -0.3 is 19.5 Å². The Balaban J connectivity index is 3.13. The number of carbonyl (C=O) groups is 1. The van der Waals surface area contributed by atoms with Crippen LogP contribution >= 0.6 is 0 Å². The number of nitriles is 1. The quantitative estimate of drug-likeness (QED) is 0.867. The third-order valence-corrected chi connectivity index (χ3v) is 3.02. The molecule has 1 rings (SSSR count). The second-order valence-corrected chi connectivity index (χ2v) is 4.74. The number of hydrogen-bond donors (Lipinski definition) is 1. The molecule has 0 aliphatic carbocycles. The van der Waals surface area contributed by atoms with Gasteiger partial charge in [0.2, 0.25) is 5.75 Å². The second kappa shape index (κ2) is 7.39. The summed E-state index contributed by atoms with van der Waals surface area (Å²) in [5, 5.41) is 11.7. The Morgan fingerprint density at radius 3 is 2.00 bits per heavy atom. The zero-order chi connectivity index (χ0) is 16.0. The number of nitrogens with zero attached hydrogens (tertiary/aromatic N) is 1. The van der Waals surface area contributed by atoms with E-state index in [0.29, 0.717) is 22.8 Å². The summed E-state index contributed by atoms with van der Waals surface area (Å²) in [6.45, 7) is 3.73. The maximum absolute atomic E-state index is 12.2. The fourth-order valence-electron chi connectivity index (χ4n) is 1.78. The van der Waals surface area contributed by atoms with Gasteiger partial charge in [0.25, 0.3) is 5.91 Å². The summed E-state index contributed by atoms with van der Waals surface area (Å²) in [7, 11) is 4.45. The summed E-state index contributed by atoms with van der Waals surface area (Å²) in [6.07, 6.45) is 0. The molecular formula is C15H20N2O4. The van der Waals surface area contributed by atoms with Gasteiger partial charge in [-0.2, -0.15) is 5.26 Å². The highest BCUT2D eigenvalue weighted by Crippen LogP contribution is 2.38. The van der Waals surface area contributed by atoms with E-state index in [1.54, 1.807) is 12.1 Å². The topological polar surface area (TPSA) is 80.6 Å². The minimum absolute atomic E-state index is 0.0148. The van der Waals surface area contributed by atoms with Crippen molar-refractivity contribution < 1.29 is 19.0 Å². The van der Waals surface area contributed by atoms with E-state index in [1.807, 2.05) is 13.8 Å². The van der Waals surface area contributed by atoms with Gasteiger partial charge in [-0.3, -0.25) is 4.79 Å². The molecule has 0 heterocycles. The molecule has 1 N–H and O–H groups in total. The summed E-state index contributed by atoms with van der Waals surface area (Å²) >= 11 is 0. The van der Waals surface area contributed by atoms with Gasteiger partial charge in [0.05, 0.1) is 27.4 Å². The molecule has 21 heavy (non-hydrogen) atoms. The summed E-state index contributed by atoms with van der Waals surface area (Å²) in [6, 6.07) is 4.60. The van der Waals surface area contributed by atoms with Gasteiger partial charge in [0.15, 0.2) is 11.5 Å². The van der Waals surface area contributed by atoms with Gasteiger partial charge >= 0.3 is 0 Å². The lowest BCUT2D eigenvalue weighted by molar-refractivity contribution is 0.0937. The van der Waals surface area contributed by atoms with Crippen LogP contribution in [0, 0.1) is 17.2 Å². The molecule has 0 fully saturated rings. The molecule has 0 spiro atoms. The van der Waals surface area contributed by atoms with Gasteiger partial charge in [-0.15, -0.1) is 0 Å². The zero-order valence-corrected chi connectivity index (χ0v) is 12.9. The van der Waals surface area contributed by atoms with E-state index in [9.17, 15) is 4.79 Å². The molecule has 0 aromatic heterocycles. The molecule has 1 aromatic carbocycles. The minimum Gasteiger partial charge on any atom is -0.493 e. The Labute approximate surface area is 124 Å². The van der Waals surface area contributed by atoms with E-state index in [0.717, 1.165) is 0 Å². The second-order valence-electron chi connectivity index (χ2n) is 4.74. The number of hydrogen-bond acceptors (Lipinski definition) is 5. The van der Waals surface area contributed by atoms with Crippen molar-refractivity contribution in [3.8, 4) is 23.3 Å². The largest absolute Gasteiger partial charge is 0.493 e. The molecule has 0 saturated carbocycles. The molecule has 6 heteroatoms.